The summed E-state index contributed by atoms with van der Waals surface area (Å²) in [4.78, 5) is 2.43. The number of hydrogen-bond acceptors (Lipinski definition) is 2. The first-order chi connectivity index (χ1) is 25.3. The Morgan fingerprint density at radius 3 is 2.37 bits per heavy atom. The van der Waals surface area contributed by atoms with E-state index in [4.69, 9.17) is 0 Å². The summed E-state index contributed by atoms with van der Waals surface area (Å²) in [5.74, 6) is 0. The number of likely N-dealkylation sites (N-methyl/N-ethyl adjacent to an activating group) is 1. The first-order valence-corrected chi connectivity index (χ1v) is 18.9. The van der Waals surface area contributed by atoms with E-state index in [0.29, 0.717) is 0 Å². The second-order valence-electron chi connectivity index (χ2n) is 13.4. The van der Waals surface area contributed by atoms with Crippen molar-refractivity contribution < 1.29 is 0 Å². The number of thiophene rings is 1. The number of fused-ring (bicyclic) bond motifs is 5. The van der Waals surface area contributed by atoms with Crippen molar-refractivity contribution in [3.8, 4) is 0 Å². The first-order valence-electron chi connectivity index (χ1n) is 18.1. The molecule has 1 atom stereocenters. The highest BCUT2D eigenvalue weighted by atomic mass is 32.1. The van der Waals surface area contributed by atoms with Gasteiger partial charge in [0.25, 0.3) is 0 Å². The van der Waals surface area contributed by atoms with Crippen LogP contribution >= 0.6 is 11.3 Å². The average molecular weight is 695 g/mol. The maximum Gasteiger partial charge on any atom is 0.126 e. The molecule has 6 aromatic rings. The standard InChI is InChI=1S/C49H46N2S/c1-9-18-34(29-33(7)37(19-10-2)32(5)6)35-27-28-46-43(30-35)36(12-4)45(20-11-3)51(46)48-31-42(38-21-13-15-25-44(38)50(48)8)41-24-17-23-40-39-22-14-16-26-47(39)52-49(40)41/h9-11,13-31,48H,2,5,7,12H2,1,3-4,6,8H3/b18-9-,20-11-,34-29+,37-19+. The molecule has 1 aliphatic heterocycles. The van der Waals surface area contributed by atoms with Crippen LogP contribution in [0.3, 0.4) is 0 Å². The summed E-state index contributed by atoms with van der Waals surface area (Å²) >= 11 is 1.89. The Labute approximate surface area is 312 Å². The number of benzene rings is 4. The predicted molar refractivity (Wildman–Crippen MR) is 231 cm³/mol. The minimum Gasteiger partial charge on any atom is -0.350 e. The molecule has 0 fully saturated rings. The molecule has 0 saturated heterocycles. The van der Waals surface area contributed by atoms with E-state index in [-0.39, 0.29) is 6.17 Å². The number of aromatic nitrogens is 1. The van der Waals surface area contributed by atoms with Crippen molar-refractivity contribution in [1.29, 1.82) is 0 Å². The lowest BCUT2D eigenvalue weighted by molar-refractivity contribution is 0.602. The maximum atomic E-state index is 4.42. The highest BCUT2D eigenvalue weighted by molar-refractivity contribution is 7.26. The molecule has 0 amide bonds. The minimum absolute atomic E-state index is 0.0538. The second kappa shape index (κ2) is 14.5. The molecule has 52 heavy (non-hydrogen) atoms. The third-order valence-electron chi connectivity index (χ3n) is 10.2. The van der Waals surface area contributed by atoms with E-state index in [1.807, 2.05) is 24.3 Å². The van der Waals surface area contributed by atoms with Gasteiger partial charge >= 0.3 is 0 Å². The van der Waals surface area contributed by atoms with Crippen molar-refractivity contribution in [3.05, 3.63) is 192 Å². The number of rotatable bonds is 10. The molecular weight excluding hydrogens is 649 g/mol. The summed E-state index contributed by atoms with van der Waals surface area (Å²) in [6, 6.07) is 31.4. The molecule has 0 N–H and O–H groups in total. The number of allylic oxidation sites excluding steroid dienone is 10. The molecule has 3 heterocycles. The molecule has 3 heteroatoms. The van der Waals surface area contributed by atoms with Crippen molar-refractivity contribution in [2.45, 2.75) is 40.3 Å². The number of para-hydroxylation sites is 1. The molecule has 0 aliphatic carbocycles. The van der Waals surface area contributed by atoms with Crippen LogP contribution in [-0.2, 0) is 6.42 Å². The van der Waals surface area contributed by atoms with Crippen molar-refractivity contribution in [1.82, 2.24) is 4.57 Å². The van der Waals surface area contributed by atoms with Gasteiger partial charge in [0.15, 0.2) is 0 Å². The maximum absolute atomic E-state index is 4.42. The monoisotopic (exact) mass is 694 g/mol. The van der Waals surface area contributed by atoms with Gasteiger partial charge in [0.05, 0.1) is 5.52 Å². The Hall–Kier alpha value is -5.64. The van der Waals surface area contributed by atoms with E-state index >= 15 is 0 Å². The average Bonchev–Trinajstić information content (AvgIpc) is 3.69. The van der Waals surface area contributed by atoms with Gasteiger partial charge in [-0.2, -0.15) is 0 Å². The number of nitrogens with zero attached hydrogens (tertiary/aromatic N) is 2. The summed E-state index contributed by atoms with van der Waals surface area (Å²) < 4.78 is 5.20. The molecule has 0 radical (unpaired) electrons. The summed E-state index contributed by atoms with van der Waals surface area (Å²) in [6.07, 6.45) is 18.0. The normalized spacial score (nSPS) is 15.3. The Morgan fingerprint density at radius 1 is 0.865 bits per heavy atom. The van der Waals surface area contributed by atoms with E-state index in [1.165, 1.54) is 64.7 Å². The summed E-state index contributed by atoms with van der Waals surface area (Å²) in [5.41, 5.74) is 14.0. The van der Waals surface area contributed by atoms with Crippen molar-refractivity contribution in [2.24, 2.45) is 0 Å². The Morgan fingerprint density at radius 2 is 1.62 bits per heavy atom. The number of anilines is 1. The zero-order valence-corrected chi connectivity index (χ0v) is 31.7. The van der Waals surface area contributed by atoms with Crippen molar-refractivity contribution >= 4 is 65.3 Å². The fourth-order valence-corrected chi connectivity index (χ4v) is 9.06. The molecule has 1 aliphatic rings. The van der Waals surface area contributed by atoms with Gasteiger partial charge < -0.3 is 9.47 Å². The van der Waals surface area contributed by atoms with Crippen LogP contribution < -0.4 is 4.90 Å². The van der Waals surface area contributed by atoms with Crippen LogP contribution in [0.5, 0.6) is 0 Å². The summed E-state index contributed by atoms with van der Waals surface area (Å²) in [5, 5.41) is 3.90. The molecule has 0 saturated carbocycles. The molecule has 4 aromatic carbocycles. The molecule has 1 unspecified atom stereocenters. The topological polar surface area (TPSA) is 8.17 Å². The summed E-state index contributed by atoms with van der Waals surface area (Å²) in [6.45, 7) is 21.0. The van der Waals surface area contributed by atoms with Crippen LogP contribution in [0.15, 0.2) is 164 Å². The van der Waals surface area contributed by atoms with Gasteiger partial charge in [-0.05, 0) is 103 Å². The van der Waals surface area contributed by atoms with Crippen LogP contribution in [0.2, 0.25) is 0 Å². The van der Waals surface area contributed by atoms with E-state index < -0.39 is 0 Å². The van der Waals surface area contributed by atoms with Crippen LogP contribution in [-0.4, -0.2) is 11.6 Å². The van der Waals surface area contributed by atoms with E-state index in [2.05, 4.69) is 178 Å². The van der Waals surface area contributed by atoms with Gasteiger partial charge in [0.1, 0.15) is 6.17 Å². The van der Waals surface area contributed by atoms with Crippen molar-refractivity contribution in [3.63, 3.8) is 0 Å². The van der Waals surface area contributed by atoms with E-state index in [0.717, 1.165) is 34.3 Å². The lowest BCUT2D eigenvalue weighted by Crippen LogP contribution is -2.31. The van der Waals surface area contributed by atoms with Gasteiger partial charge in [-0.25, -0.2) is 0 Å². The smallest absolute Gasteiger partial charge is 0.126 e. The van der Waals surface area contributed by atoms with Gasteiger partial charge in [-0.15, -0.1) is 11.3 Å². The van der Waals surface area contributed by atoms with Crippen LogP contribution in [0.4, 0.5) is 5.69 Å². The first kappa shape index (κ1) is 34.8. The Balaban J connectivity index is 1.45. The van der Waals surface area contributed by atoms with E-state index in [1.54, 1.807) is 6.08 Å². The van der Waals surface area contributed by atoms with Crippen molar-refractivity contribution in [2.75, 3.05) is 11.9 Å². The van der Waals surface area contributed by atoms with Gasteiger partial charge in [0, 0.05) is 55.1 Å². The highest BCUT2D eigenvalue weighted by Gasteiger charge is 2.30. The highest BCUT2D eigenvalue weighted by Crippen LogP contribution is 2.47. The third kappa shape index (κ3) is 5.95. The molecule has 7 rings (SSSR count). The molecular formula is C49H46N2S. The zero-order chi connectivity index (χ0) is 36.5. The SMILES string of the molecule is C=C/C=C(\C(=C)C)C(=C)/C=C(\C=C/C)c1ccc2c(c1)c(CC)c(/C=C\C)n2C1C=C(c2cccc3c2sc2ccccc23)c2ccccc2N1C. The molecule has 0 bridgehead atoms. The lowest BCUT2D eigenvalue weighted by atomic mass is 9.91. The van der Waals surface area contributed by atoms with Gasteiger partial charge in [-0.1, -0.05) is 123 Å². The zero-order valence-electron chi connectivity index (χ0n) is 30.9. The number of hydrogen-bond donors (Lipinski definition) is 0. The summed E-state index contributed by atoms with van der Waals surface area (Å²) in [7, 11) is 2.23. The minimum atomic E-state index is -0.0538. The lowest BCUT2D eigenvalue weighted by Gasteiger charge is -2.37. The van der Waals surface area contributed by atoms with Gasteiger partial charge in [0.2, 0.25) is 0 Å². The van der Waals surface area contributed by atoms with E-state index in [9.17, 15) is 0 Å². The van der Waals surface area contributed by atoms with Gasteiger partial charge in [-0.3, -0.25) is 0 Å². The molecule has 2 aromatic heterocycles. The van der Waals surface area contributed by atoms with Crippen LogP contribution in [0.25, 0.3) is 48.3 Å². The molecule has 2 nitrogen and oxygen atoms in total. The molecule has 0 spiro atoms. The predicted octanol–water partition coefficient (Wildman–Crippen LogP) is 13.9. The number of aryl methyl sites for hydroxylation is 1. The Bertz CT molecular complexity index is 2550. The quantitative estimate of drug-likeness (QED) is 0.130. The van der Waals surface area contributed by atoms with Crippen LogP contribution in [0, 0.1) is 0 Å². The van der Waals surface area contributed by atoms with Crippen LogP contribution in [0.1, 0.15) is 61.8 Å². The third-order valence-corrected chi connectivity index (χ3v) is 11.4. The second-order valence-corrected chi connectivity index (χ2v) is 14.5. The Kier molecular flexibility index (Phi) is 9.73. The fourth-order valence-electron chi connectivity index (χ4n) is 7.83. The largest absolute Gasteiger partial charge is 0.350 e. The fraction of sp³-hybridized carbons (Fsp3) is 0.143. The molecule has 258 valence electrons.